The van der Waals surface area contributed by atoms with Gasteiger partial charge in [0.25, 0.3) is 11.8 Å². The first-order valence-corrected chi connectivity index (χ1v) is 8.62. The number of hydrogen-bond acceptors (Lipinski definition) is 6. The number of para-hydroxylation sites is 1. The normalized spacial score (nSPS) is 18.5. The van der Waals surface area contributed by atoms with Crippen molar-refractivity contribution in [1.82, 2.24) is 15.0 Å². The Balaban J connectivity index is 1.65. The average molecular weight is 330 g/mol. The minimum absolute atomic E-state index is 0.487. The fourth-order valence-electron chi connectivity index (χ4n) is 3.04. The third-order valence-corrected chi connectivity index (χ3v) is 4.51. The number of aromatic nitrogens is 2. The maximum atomic E-state index is 6.03. The third kappa shape index (κ3) is 3.87. The zero-order valence-electron chi connectivity index (χ0n) is 14.7. The molecule has 6 heteroatoms. The van der Waals surface area contributed by atoms with E-state index in [9.17, 15) is 0 Å². The van der Waals surface area contributed by atoms with Crippen LogP contribution in [-0.2, 0) is 0 Å². The lowest BCUT2D eigenvalue weighted by Crippen LogP contribution is -2.39. The Kier molecular flexibility index (Phi) is 5.35. The van der Waals surface area contributed by atoms with Gasteiger partial charge in [-0.2, -0.15) is 4.98 Å². The van der Waals surface area contributed by atoms with E-state index >= 15 is 0 Å². The number of hydrogen-bond donors (Lipinski definition) is 0. The van der Waals surface area contributed by atoms with E-state index < -0.39 is 0 Å². The van der Waals surface area contributed by atoms with Crippen LogP contribution in [0.25, 0.3) is 11.5 Å². The number of benzene rings is 1. The number of likely N-dealkylation sites (tertiary alicyclic amines) is 1. The first-order valence-electron chi connectivity index (χ1n) is 8.62. The van der Waals surface area contributed by atoms with Crippen molar-refractivity contribution in [2.75, 3.05) is 38.7 Å². The zero-order valence-corrected chi connectivity index (χ0v) is 14.7. The summed E-state index contributed by atoms with van der Waals surface area (Å²) >= 11 is 0. The molecule has 3 rings (SSSR count). The molecule has 0 spiro atoms. The van der Waals surface area contributed by atoms with Gasteiger partial charge in [0.2, 0.25) is 0 Å². The molecule has 1 aromatic carbocycles. The Bertz CT molecular complexity index is 656. The van der Waals surface area contributed by atoms with Gasteiger partial charge in [0.1, 0.15) is 12.4 Å². The van der Waals surface area contributed by atoms with Gasteiger partial charge in [0.05, 0.1) is 5.56 Å². The van der Waals surface area contributed by atoms with Crippen LogP contribution in [0.3, 0.4) is 0 Å². The fraction of sp³-hybridized carbons (Fsp3) is 0.556. The summed E-state index contributed by atoms with van der Waals surface area (Å²) in [6.07, 6.45) is 3.91. The number of anilines is 1. The predicted octanol–water partition coefficient (Wildman–Crippen LogP) is 3.06. The van der Waals surface area contributed by atoms with E-state index in [0.717, 1.165) is 17.9 Å². The minimum Gasteiger partial charge on any atom is -0.491 e. The lowest BCUT2D eigenvalue weighted by atomic mass is 10.0. The van der Waals surface area contributed by atoms with Crippen LogP contribution >= 0.6 is 0 Å². The zero-order chi connectivity index (χ0) is 16.9. The predicted molar refractivity (Wildman–Crippen MR) is 94.4 cm³/mol. The second-order valence-electron chi connectivity index (χ2n) is 6.52. The molecule has 0 aliphatic carbocycles. The highest BCUT2D eigenvalue weighted by molar-refractivity contribution is 5.63. The number of ether oxygens (including phenoxy) is 1. The van der Waals surface area contributed by atoms with Crippen molar-refractivity contribution in [1.29, 1.82) is 0 Å². The molecular formula is C18H26N4O2. The van der Waals surface area contributed by atoms with Gasteiger partial charge in [0, 0.05) is 26.7 Å². The average Bonchev–Trinajstić information content (AvgIpc) is 3.07. The van der Waals surface area contributed by atoms with Crippen LogP contribution in [0, 0.1) is 0 Å². The van der Waals surface area contributed by atoms with E-state index in [1.54, 1.807) is 0 Å². The largest absolute Gasteiger partial charge is 0.491 e. The van der Waals surface area contributed by atoms with Crippen LogP contribution in [0.2, 0.25) is 0 Å². The summed E-state index contributed by atoms with van der Waals surface area (Å²) in [5.74, 6) is 1.83. The van der Waals surface area contributed by atoms with Crippen molar-refractivity contribution in [3.8, 4) is 17.2 Å². The van der Waals surface area contributed by atoms with E-state index in [0.29, 0.717) is 24.5 Å². The number of rotatable bonds is 6. The van der Waals surface area contributed by atoms with E-state index in [1.807, 2.05) is 43.3 Å². The maximum Gasteiger partial charge on any atom is 0.265 e. The van der Waals surface area contributed by atoms with Crippen LogP contribution in [0.5, 0.6) is 5.75 Å². The summed E-state index contributed by atoms with van der Waals surface area (Å²) in [6.45, 7) is 5.08. The molecule has 0 saturated carbocycles. The van der Waals surface area contributed by atoms with Crippen LogP contribution in [0.1, 0.15) is 26.2 Å². The number of nitrogens with zero attached hydrogens (tertiary/aromatic N) is 4. The molecule has 1 saturated heterocycles. The summed E-state index contributed by atoms with van der Waals surface area (Å²) in [4.78, 5) is 8.73. The molecule has 0 N–H and O–H groups in total. The van der Waals surface area contributed by atoms with Crippen LogP contribution in [0.4, 0.5) is 5.95 Å². The Morgan fingerprint density at radius 1 is 1.29 bits per heavy atom. The van der Waals surface area contributed by atoms with E-state index in [2.05, 4.69) is 22.0 Å². The van der Waals surface area contributed by atoms with Gasteiger partial charge in [-0.25, -0.2) is 0 Å². The Morgan fingerprint density at radius 3 is 2.88 bits per heavy atom. The van der Waals surface area contributed by atoms with E-state index in [-0.39, 0.29) is 0 Å². The SMILES string of the molecule is CC1CCCCN1CCOc1ccccc1-c1nc(N(C)C)no1. The second-order valence-corrected chi connectivity index (χ2v) is 6.52. The van der Waals surface area contributed by atoms with E-state index in [4.69, 9.17) is 9.26 Å². The van der Waals surface area contributed by atoms with Gasteiger partial charge in [0.15, 0.2) is 0 Å². The monoisotopic (exact) mass is 330 g/mol. The molecule has 2 aromatic rings. The molecule has 1 aromatic heterocycles. The van der Waals surface area contributed by atoms with Gasteiger partial charge in [-0.15, -0.1) is 0 Å². The van der Waals surface area contributed by atoms with Crippen molar-refractivity contribution in [2.45, 2.75) is 32.2 Å². The second kappa shape index (κ2) is 7.66. The summed E-state index contributed by atoms with van der Waals surface area (Å²) in [5.41, 5.74) is 0.838. The molecule has 1 unspecified atom stereocenters. The molecule has 0 radical (unpaired) electrons. The molecular weight excluding hydrogens is 304 g/mol. The quantitative estimate of drug-likeness (QED) is 0.811. The van der Waals surface area contributed by atoms with Gasteiger partial charge in [-0.1, -0.05) is 18.6 Å². The highest BCUT2D eigenvalue weighted by Crippen LogP contribution is 2.29. The van der Waals surface area contributed by atoms with Gasteiger partial charge >= 0.3 is 0 Å². The standard InChI is InChI=1S/C18H26N4O2/c1-14-8-6-7-11-22(14)12-13-23-16-10-5-4-9-15(16)17-19-18(20-24-17)21(2)3/h4-5,9-10,14H,6-8,11-13H2,1-3H3. The Morgan fingerprint density at radius 2 is 2.12 bits per heavy atom. The molecule has 2 heterocycles. The summed E-state index contributed by atoms with van der Waals surface area (Å²) in [6, 6.07) is 8.47. The van der Waals surface area contributed by atoms with Gasteiger partial charge in [-0.05, 0) is 43.6 Å². The Labute approximate surface area is 143 Å². The minimum atomic E-state index is 0.487. The van der Waals surface area contributed by atoms with Crippen LogP contribution in [0.15, 0.2) is 28.8 Å². The summed E-state index contributed by atoms with van der Waals surface area (Å²) in [5, 5.41) is 3.97. The number of piperidine rings is 1. The molecule has 130 valence electrons. The summed E-state index contributed by atoms with van der Waals surface area (Å²) < 4.78 is 11.4. The highest BCUT2D eigenvalue weighted by Gasteiger charge is 2.18. The molecule has 6 nitrogen and oxygen atoms in total. The van der Waals surface area contributed by atoms with Crippen LogP contribution in [-0.4, -0.2) is 54.9 Å². The maximum absolute atomic E-state index is 6.03. The smallest absolute Gasteiger partial charge is 0.265 e. The lowest BCUT2D eigenvalue weighted by Gasteiger charge is -2.33. The van der Waals surface area contributed by atoms with Crippen molar-refractivity contribution >= 4 is 5.95 Å². The molecule has 24 heavy (non-hydrogen) atoms. The molecule has 1 fully saturated rings. The topological polar surface area (TPSA) is 54.6 Å². The molecule has 0 bridgehead atoms. The summed E-state index contributed by atoms with van der Waals surface area (Å²) in [7, 11) is 3.77. The van der Waals surface area contributed by atoms with Crippen LogP contribution < -0.4 is 9.64 Å². The highest BCUT2D eigenvalue weighted by atomic mass is 16.5. The fourth-order valence-corrected chi connectivity index (χ4v) is 3.04. The molecule has 1 aliphatic rings. The lowest BCUT2D eigenvalue weighted by molar-refractivity contribution is 0.133. The first-order chi connectivity index (χ1) is 11.6. The van der Waals surface area contributed by atoms with Crippen molar-refractivity contribution < 1.29 is 9.26 Å². The van der Waals surface area contributed by atoms with E-state index in [1.165, 1.54) is 25.8 Å². The molecule has 1 aliphatic heterocycles. The molecule has 0 amide bonds. The van der Waals surface area contributed by atoms with Gasteiger partial charge < -0.3 is 14.2 Å². The Hall–Kier alpha value is -2.08. The van der Waals surface area contributed by atoms with Crippen molar-refractivity contribution in [3.63, 3.8) is 0 Å². The third-order valence-electron chi connectivity index (χ3n) is 4.51. The van der Waals surface area contributed by atoms with Gasteiger partial charge in [-0.3, -0.25) is 4.90 Å². The molecule has 1 atom stereocenters. The van der Waals surface area contributed by atoms with Crippen molar-refractivity contribution in [3.05, 3.63) is 24.3 Å². The van der Waals surface area contributed by atoms with Crippen molar-refractivity contribution in [2.24, 2.45) is 0 Å². The first kappa shape index (κ1) is 16.8.